The second-order valence-electron chi connectivity index (χ2n) is 4.47. The minimum Gasteiger partial charge on any atom is -0.335 e. The third-order valence-electron chi connectivity index (χ3n) is 3.09. The van der Waals surface area contributed by atoms with Crippen LogP contribution >= 0.6 is 0 Å². The van der Waals surface area contributed by atoms with E-state index in [-0.39, 0.29) is 18.5 Å². The molecule has 0 aromatic heterocycles. The fraction of sp³-hybridized carbons (Fsp3) is 0.500. The summed E-state index contributed by atoms with van der Waals surface area (Å²) in [6.07, 6.45) is 0.942. The number of carbonyl (C=O) groups is 1. The van der Waals surface area contributed by atoms with Gasteiger partial charge in [0.05, 0.1) is 6.54 Å². The van der Waals surface area contributed by atoms with Crippen molar-refractivity contribution in [2.24, 2.45) is 5.73 Å². The second kappa shape index (κ2) is 6.40. The molecule has 2 N–H and O–H groups in total. The van der Waals surface area contributed by atoms with Crippen molar-refractivity contribution in [1.82, 2.24) is 4.90 Å². The van der Waals surface area contributed by atoms with Crippen molar-refractivity contribution < 1.29 is 4.79 Å². The van der Waals surface area contributed by atoms with Gasteiger partial charge in [0, 0.05) is 12.6 Å². The second-order valence-corrected chi connectivity index (χ2v) is 4.47. The number of aryl methyl sites for hydroxylation is 1. The number of amides is 1. The Morgan fingerprint density at radius 1 is 1.35 bits per heavy atom. The third-order valence-corrected chi connectivity index (χ3v) is 3.09. The predicted octanol–water partition coefficient (Wildman–Crippen LogP) is 2.08. The van der Waals surface area contributed by atoms with Crippen LogP contribution < -0.4 is 5.73 Å². The number of hydrogen-bond acceptors (Lipinski definition) is 2. The fourth-order valence-corrected chi connectivity index (χ4v) is 1.72. The average Bonchev–Trinajstić information content (AvgIpc) is 2.36. The van der Waals surface area contributed by atoms with Crippen molar-refractivity contribution in [3.8, 4) is 0 Å². The maximum Gasteiger partial charge on any atom is 0.236 e. The molecule has 1 unspecified atom stereocenters. The minimum absolute atomic E-state index is 0.0138. The van der Waals surface area contributed by atoms with Gasteiger partial charge in [-0.1, -0.05) is 36.8 Å². The van der Waals surface area contributed by atoms with Gasteiger partial charge in [-0.3, -0.25) is 4.79 Å². The van der Waals surface area contributed by atoms with E-state index in [1.165, 1.54) is 5.56 Å². The topological polar surface area (TPSA) is 46.3 Å². The molecule has 0 saturated heterocycles. The Morgan fingerprint density at radius 2 is 1.94 bits per heavy atom. The molecule has 0 radical (unpaired) electrons. The van der Waals surface area contributed by atoms with Crippen LogP contribution in [0.3, 0.4) is 0 Å². The Labute approximate surface area is 104 Å². The van der Waals surface area contributed by atoms with Gasteiger partial charge in [0.15, 0.2) is 0 Å². The summed E-state index contributed by atoms with van der Waals surface area (Å²) in [6, 6.07) is 8.49. The Kier molecular flexibility index (Phi) is 5.16. The zero-order valence-corrected chi connectivity index (χ0v) is 10.9. The van der Waals surface area contributed by atoms with E-state index in [9.17, 15) is 4.79 Å². The Morgan fingerprint density at radius 3 is 2.41 bits per heavy atom. The molecule has 0 bridgehead atoms. The lowest BCUT2D eigenvalue weighted by atomic mass is 10.1. The van der Waals surface area contributed by atoms with Crippen molar-refractivity contribution >= 4 is 5.91 Å². The van der Waals surface area contributed by atoms with E-state index in [0.717, 1.165) is 12.0 Å². The van der Waals surface area contributed by atoms with E-state index in [4.69, 9.17) is 5.73 Å². The number of nitrogens with zero attached hydrogens (tertiary/aromatic N) is 1. The zero-order valence-electron chi connectivity index (χ0n) is 10.9. The first-order valence-electron chi connectivity index (χ1n) is 6.13. The smallest absolute Gasteiger partial charge is 0.236 e. The van der Waals surface area contributed by atoms with E-state index in [1.54, 1.807) is 0 Å². The predicted molar refractivity (Wildman–Crippen MR) is 70.5 cm³/mol. The summed E-state index contributed by atoms with van der Waals surface area (Å²) < 4.78 is 0. The highest BCUT2D eigenvalue weighted by Crippen LogP contribution is 2.11. The Balaban J connectivity index is 2.78. The lowest BCUT2D eigenvalue weighted by Crippen LogP contribution is -2.41. The van der Waals surface area contributed by atoms with Gasteiger partial charge in [-0.15, -0.1) is 0 Å². The molecule has 1 amide bonds. The van der Waals surface area contributed by atoms with Gasteiger partial charge in [0.25, 0.3) is 0 Å². The minimum atomic E-state index is 0.0138. The first kappa shape index (κ1) is 13.7. The first-order valence-corrected chi connectivity index (χ1v) is 6.13. The average molecular weight is 234 g/mol. The first-order chi connectivity index (χ1) is 8.08. The van der Waals surface area contributed by atoms with E-state index < -0.39 is 0 Å². The molecule has 0 aliphatic rings. The number of benzene rings is 1. The summed E-state index contributed by atoms with van der Waals surface area (Å²) in [5, 5.41) is 0. The molecule has 17 heavy (non-hydrogen) atoms. The summed E-state index contributed by atoms with van der Waals surface area (Å²) in [7, 11) is 0. The molecule has 0 fully saturated rings. The molecule has 1 aromatic carbocycles. The van der Waals surface area contributed by atoms with Gasteiger partial charge in [-0.2, -0.15) is 0 Å². The van der Waals surface area contributed by atoms with E-state index in [1.807, 2.05) is 4.90 Å². The summed E-state index contributed by atoms with van der Waals surface area (Å²) in [4.78, 5) is 13.6. The van der Waals surface area contributed by atoms with Crippen LogP contribution in [-0.4, -0.2) is 23.4 Å². The van der Waals surface area contributed by atoms with Gasteiger partial charge < -0.3 is 10.6 Å². The molecule has 1 aromatic rings. The van der Waals surface area contributed by atoms with Gasteiger partial charge in [0.1, 0.15) is 0 Å². The fourth-order valence-electron chi connectivity index (χ4n) is 1.72. The molecule has 1 atom stereocenters. The number of nitrogens with two attached hydrogens (primary N) is 1. The molecule has 0 heterocycles. The molecule has 3 nitrogen and oxygen atoms in total. The van der Waals surface area contributed by atoms with E-state index in [0.29, 0.717) is 6.54 Å². The molecule has 0 aliphatic heterocycles. The maximum atomic E-state index is 11.8. The van der Waals surface area contributed by atoms with E-state index in [2.05, 4.69) is 45.0 Å². The SMILES string of the molecule is CCC(C)N(Cc1ccc(C)cc1)C(=O)CN. The molecule has 1 rings (SSSR count). The molecule has 0 aliphatic carbocycles. The monoisotopic (exact) mass is 234 g/mol. The van der Waals surface area contributed by atoms with E-state index >= 15 is 0 Å². The van der Waals surface area contributed by atoms with Crippen molar-refractivity contribution in [2.75, 3.05) is 6.54 Å². The Hall–Kier alpha value is -1.35. The van der Waals surface area contributed by atoms with Crippen molar-refractivity contribution in [3.05, 3.63) is 35.4 Å². The van der Waals surface area contributed by atoms with Crippen molar-refractivity contribution in [2.45, 2.75) is 39.8 Å². The normalized spacial score (nSPS) is 12.2. The van der Waals surface area contributed by atoms with Crippen LogP contribution in [0.5, 0.6) is 0 Å². The largest absolute Gasteiger partial charge is 0.335 e. The molecule has 94 valence electrons. The van der Waals surface area contributed by atoms with Crippen molar-refractivity contribution in [1.29, 1.82) is 0 Å². The summed E-state index contributed by atoms with van der Waals surface area (Å²) in [5.74, 6) is 0.0138. The van der Waals surface area contributed by atoms with Crippen LogP contribution in [0.4, 0.5) is 0 Å². The molecular formula is C14H22N2O. The lowest BCUT2D eigenvalue weighted by molar-refractivity contribution is -0.132. The Bertz CT molecular complexity index is 359. The number of carbonyl (C=O) groups excluding carboxylic acids is 1. The summed E-state index contributed by atoms with van der Waals surface area (Å²) in [6.45, 7) is 6.92. The quantitative estimate of drug-likeness (QED) is 0.848. The van der Waals surface area contributed by atoms with Crippen molar-refractivity contribution in [3.63, 3.8) is 0 Å². The number of rotatable bonds is 5. The zero-order chi connectivity index (χ0) is 12.8. The van der Waals surface area contributed by atoms with Crippen LogP contribution in [0.2, 0.25) is 0 Å². The van der Waals surface area contributed by atoms with Crippen LogP contribution in [0, 0.1) is 6.92 Å². The van der Waals surface area contributed by atoms with Gasteiger partial charge in [-0.05, 0) is 25.8 Å². The highest BCUT2D eigenvalue weighted by Gasteiger charge is 2.17. The van der Waals surface area contributed by atoms with Gasteiger partial charge in [0.2, 0.25) is 5.91 Å². The standard InChI is InChI=1S/C14H22N2O/c1-4-12(3)16(14(17)9-15)10-13-7-5-11(2)6-8-13/h5-8,12H,4,9-10,15H2,1-3H3. The lowest BCUT2D eigenvalue weighted by Gasteiger charge is -2.28. The third kappa shape index (κ3) is 3.86. The van der Waals surface area contributed by atoms with Gasteiger partial charge >= 0.3 is 0 Å². The highest BCUT2D eigenvalue weighted by atomic mass is 16.2. The molecular weight excluding hydrogens is 212 g/mol. The summed E-state index contributed by atoms with van der Waals surface area (Å²) in [5.41, 5.74) is 7.83. The number of hydrogen-bond donors (Lipinski definition) is 1. The molecule has 3 heteroatoms. The van der Waals surface area contributed by atoms with Crippen LogP contribution in [-0.2, 0) is 11.3 Å². The van der Waals surface area contributed by atoms with Crippen LogP contribution in [0.15, 0.2) is 24.3 Å². The summed E-state index contributed by atoms with van der Waals surface area (Å²) >= 11 is 0. The molecule has 0 spiro atoms. The van der Waals surface area contributed by atoms with Crippen LogP contribution in [0.25, 0.3) is 0 Å². The highest BCUT2D eigenvalue weighted by molar-refractivity contribution is 5.78. The molecule has 0 saturated carbocycles. The van der Waals surface area contributed by atoms with Gasteiger partial charge in [-0.25, -0.2) is 0 Å². The maximum absolute atomic E-state index is 11.8. The van der Waals surface area contributed by atoms with Crippen LogP contribution in [0.1, 0.15) is 31.4 Å².